The van der Waals surface area contributed by atoms with Crippen molar-refractivity contribution >= 4 is 5.91 Å². The molecule has 0 aromatic rings. The molecule has 2 atom stereocenters. The Labute approximate surface area is 375 Å². The summed E-state index contributed by atoms with van der Waals surface area (Å²) in [7, 11) is 0. The first-order valence-corrected chi connectivity index (χ1v) is 26.9. The standard InChI is InChI=1S/C56H105NO3/c1-3-5-7-9-11-13-15-17-19-21-23-25-27-28-29-30-32-34-36-38-40-42-44-46-48-50-52-56(60)57-54(53-58)55(59)51-49-47-45-43-41-39-37-35-33-31-26-24-22-20-18-16-14-12-10-8-6-4-2/h28-29,33,35,41,43,49,51,54-55,58-59H,3-27,30-32,34,36-40,42,44-48,50,52-53H2,1-2H3,(H,57,60)/b29-28-,35-33+,43-41+,51-49+. The van der Waals surface area contributed by atoms with Crippen molar-refractivity contribution in [1.82, 2.24) is 5.32 Å². The van der Waals surface area contributed by atoms with E-state index in [1.807, 2.05) is 6.08 Å². The molecule has 3 N–H and O–H groups in total. The average molecular weight is 840 g/mol. The first kappa shape index (κ1) is 58.4. The van der Waals surface area contributed by atoms with Crippen molar-refractivity contribution in [3.05, 3.63) is 48.6 Å². The lowest BCUT2D eigenvalue weighted by Gasteiger charge is -2.19. The van der Waals surface area contributed by atoms with Gasteiger partial charge in [-0.3, -0.25) is 4.79 Å². The zero-order chi connectivity index (χ0) is 43.5. The van der Waals surface area contributed by atoms with Gasteiger partial charge in [-0.05, 0) is 70.6 Å². The molecule has 4 nitrogen and oxygen atoms in total. The molecule has 0 bridgehead atoms. The van der Waals surface area contributed by atoms with Crippen molar-refractivity contribution in [2.45, 2.75) is 296 Å². The molecular formula is C56H105NO3. The lowest BCUT2D eigenvalue weighted by atomic mass is 10.0. The second-order valence-electron chi connectivity index (χ2n) is 18.3. The van der Waals surface area contributed by atoms with Gasteiger partial charge in [0.2, 0.25) is 5.91 Å². The first-order valence-electron chi connectivity index (χ1n) is 26.9. The smallest absolute Gasteiger partial charge is 0.220 e. The van der Waals surface area contributed by atoms with E-state index in [0.29, 0.717) is 6.42 Å². The summed E-state index contributed by atoms with van der Waals surface area (Å²) in [5.41, 5.74) is 0. The lowest BCUT2D eigenvalue weighted by Crippen LogP contribution is -2.45. The molecule has 0 aliphatic rings. The molecule has 0 aromatic heterocycles. The fraction of sp³-hybridized carbons (Fsp3) is 0.839. The number of unbranched alkanes of at least 4 members (excludes halogenated alkanes) is 36. The highest BCUT2D eigenvalue weighted by Crippen LogP contribution is 2.16. The minimum Gasteiger partial charge on any atom is -0.394 e. The molecule has 0 fully saturated rings. The Bertz CT molecular complexity index is 954. The van der Waals surface area contributed by atoms with Crippen LogP contribution in [0, 0.1) is 0 Å². The van der Waals surface area contributed by atoms with Crippen LogP contribution in [0.2, 0.25) is 0 Å². The molecule has 0 saturated heterocycles. The number of carbonyl (C=O) groups is 1. The quantitative estimate of drug-likeness (QED) is 0.0422. The molecule has 4 heteroatoms. The highest BCUT2D eigenvalue weighted by molar-refractivity contribution is 5.76. The summed E-state index contributed by atoms with van der Waals surface area (Å²) >= 11 is 0. The molecule has 0 heterocycles. The van der Waals surface area contributed by atoms with Crippen LogP contribution in [-0.2, 0) is 4.79 Å². The van der Waals surface area contributed by atoms with Crippen LogP contribution in [0.4, 0.5) is 0 Å². The van der Waals surface area contributed by atoms with Crippen LogP contribution < -0.4 is 5.32 Å². The highest BCUT2D eigenvalue weighted by Gasteiger charge is 2.17. The van der Waals surface area contributed by atoms with E-state index in [9.17, 15) is 15.0 Å². The van der Waals surface area contributed by atoms with Gasteiger partial charge < -0.3 is 15.5 Å². The predicted molar refractivity (Wildman–Crippen MR) is 267 cm³/mol. The largest absolute Gasteiger partial charge is 0.394 e. The van der Waals surface area contributed by atoms with Crippen LogP contribution in [0.25, 0.3) is 0 Å². The van der Waals surface area contributed by atoms with Crippen molar-refractivity contribution in [1.29, 1.82) is 0 Å². The molecule has 0 aliphatic carbocycles. The number of aliphatic hydroxyl groups excluding tert-OH is 2. The van der Waals surface area contributed by atoms with E-state index in [1.54, 1.807) is 6.08 Å². The summed E-state index contributed by atoms with van der Waals surface area (Å²) in [4.78, 5) is 12.4. The van der Waals surface area contributed by atoms with Gasteiger partial charge in [-0.25, -0.2) is 0 Å². The number of nitrogens with one attached hydrogen (secondary N) is 1. The van der Waals surface area contributed by atoms with Crippen molar-refractivity contribution in [2.75, 3.05) is 6.61 Å². The third-order valence-electron chi connectivity index (χ3n) is 12.3. The van der Waals surface area contributed by atoms with Gasteiger partial charge in [-0.1, -0.05) is 255 Å². The van der Waals surface area contributed by atoms with Gasteiger partial charge in [-0.2, -0.15) is 0 Å². The van der Waals surface area contributed by atoms with Crippen LogP contribution in [0.1, 0.15) is 284 Å². The van der Waals surface area contributed by atoms with E-state index in [2.05, 4.69) is 55.6 Å². The lowest BCUT2D eigenvalue weighted by molar-refractivity contribution is -0.123. The first-order chi connectivity index (χ1) is 29.7. The van der Waals surface area contributed by atoms with Gasteiger partial charge >= 0.3 is 0 Å². The van der Waals surface area contributed by atoms with Crippen LogP contribution in [0.5, 0.6) is 0 Å². The normalized spacial score (nSPS) is 13.2. The molecule has 2 unspecified atom stereocenters. The van der Waals surface area contributed by atoms with Crippen LogP contribution in [0.3, 0.4) is 0 Å². The Morgan fingerprint density at radius 3 is 0.967 bits per heavy atom. The summed E-state index contributed by atoms with van der Waals surface area (Å²) in [6.45, 7) is 4.32. The maximum absolute atomic E-state index is 12.4. The Balaban J connectivity index is 3.56. The molecule has 0 saturated carbocycles. The molecule has 0 radical (unpaired) electrons. The van der Waals surface area contributed by atoms with E-state index < -0.39 is 12.1 Å². The SMILES string of the molecule is CCCCCCCCCCCCCC/C=C\CCCCCCCCCCCCC(=O)NC(CO)C(O)/C=C/CC/C=C/CC/C=C/CCCCCCCCCCCCCC. The number of hydrogen-bond acceptors (Lipinski definition) is 3. The summed E-state index contributed by atoms with van der Waals surface area (Å²) < 4.78 is 0. The van der Waals surface area contributed by atoms with Gasteiger partial charge in [0.15, 0.2) is 0 Å². The minimum absolute atomic E-state index is 0.0771. The van der Waals surface area contributed by atoms with E-state index in [-0.39, 0.29) is 12.5 Å². The van der Waals surface area contributed by atoms with E-state index >= 15 is 0 Å². The third-order valence-corrected chi connectivity index (χ3v) is 12.3. The zero-order valence-corrected chi connectivity index (χ0v) is 40.5. The van der Waals surface area contributed by atoms with Crippen LogP contribution >= 0.6 is 0 Å². The monoisotopic (exact) mass is 840 g/mol. The number of hydrogen-bond donors (Lipinski definition) is 3. The molecule has 0 aromatic carbocycles. The molecule has 60 heavy (non-hydrogen) atoms. The van der Waals surface area contributed by atoms with Gasteiger partial charge in [0.05, 0.1) is 18.8 Å². The predicted octanol–water partition coefficient (Wildman–Crippen LogP) is 17.5. The number of rotatable bonds is 49. The van der Waals surface area contributed by atoms with Crippen molar-refractivity contribution < 1.29 is 15.0 Å². The fourth-order valence-electron chi connectivity index (χ4n) is 8.15. The Morgan fingerprint density at radius 1 is 0.383 bits per heavy atom. The van der Waals surface area contributed by atoms with Crippen LogP contribution in [0.15, 0.2) is 48.6 Å². The molecule has 352 valence electrons. The summed E-state index contributed by atoms with van der Waals surface area (Å²) in [5.74, 6) is -0.0771. The maximum atomic E-state index is 12.4. The van der Waals surface area contributed by atoms with Gasteiger partial charge in [0.1, 0.15) is 0 Å². The van der Waals surface area contributed by atoms with Crippen molar-refractivity contribution in [2.24, 2.45) is 0 Å². The number of allylic oxidation sites excluding steroid dienone is 7. The molecular weight excluding hydrogens is 735 g/mol. The Morgan fingerprint density at radius 2 is 0.650 bits per heavy atom. The fourth-order valence-corrected chi connectivity index (χ4v) is 8.15. The summed E-state index contributed by atoms with van der Waals surface area (Å²) in [5, 5.41) is 23.1. The maximum Gasteiger partial charge on any atom is 0.220 e. The number of aliphatic hydroxyl groups is 2. The van der Waals surface area contributed by atoms with Crippen molar-refractivity contribution in [3.8, 4) is 0 Å². The topological polar surface area (TPSA) is 69.6 Å². The molecule has 0 aliphatic heterocycles. The van der Waals surface area contributed by atoms with Crippen LogP contribution in [-0.4, -0.2) is 34.9 Å². The average Bonchev–Trinajstić information content (AvgIpc) is 3.25. The second-order valence-corrected chi connectivity index (χ2v) is 18.3. The Kier molecular flexibility index (Phi) is 50.3. The zero-order valence-electron chi connectivity index (χ0n) is 40.5. The number of amides is 1. The van der Waals surface area contributed by atoms with Gasteiger partial charge in [0, 0.05) is 6.42 Å². The van der Waals surface area contributed by atoms with Gasteiger partial charge in [0.25, 0.3) is 0 Å². The van der Waals surface area contributed by atoms with E-state index in [4.69, 9.17) is 0 Å². The Hall–Kier alpha value is -1.65. The van der Waals surface area contributed by atoms with E-state index in [1.165, 1.54) is 225 Å². The molecule has 0 spiro atoms. The molecule has 1 amide bonds. The number of carbonyl (C=O) groups excluding carboxylic acids is 1. The summed E-state index contributed by atoms with van der Waals surface area (Å²) in [6, 6.07) is -0.647. The summed E-state index contributed by atoms with van der Waals surface area (Å²) in [6.07, 6.45) is 71.2. The minimum atomic E-state index is -0.872. The third kappa shape index (κ3) is 47.4. The molecule has 0 rings (SSSR count). The van der Waals surface area contributed by atoms with E-state index in [0.717, 1.165) is 38.5 Å². The van der Waals surface area contributed by atoms with Gasteiger partial charge in [-0.15, -0.1) is 0 Å². The highest BCUT2D eigenvalue weighted by atomic mass is 16.3. The van der Waals surface area contributed by atoms with Crippen molar-refractivity contribution in [3.63, 3.8) is 0 Å². The second kappa shape index (κ2) is 51.7.